The summed E-state index contributed by atoms with van der Waals surface area (Å²) in [5, 5.41) is 16.7. The summed E-state index contributed by atoms with van der Waals surface area (Å²) < 4.78 is 5.08. The fourth-order valence-corrected chi connectivity index (χ4v) is 2.54. The second-order valence-corrected chi connectivity index (χ2v) is 5.94. The molecule has 0 spiro atoms. The average molecular weight is 392 g/mol. The van der Waals surface area contributed by atoms with Gasteiger partial charge in [-0.05, 0) is 37.3 Å². The van der Waals surface area contributed by atoms with E-state index < -0.39 is 5.97 Å². The SMILES string of the molecule is CCOC(=O)c1ccccc1Nc1cnnc(Nc2cccc(NC(C)=O)c2)n1. The van der Waals surface area contributed by atoms with Gasteiger partial charge in [0.15, 0.2) is 5.82 Å². The van der Waals surface area contributed by atoms with Crippen molar-refractivity contribution in [3.63, 3.8) is 0 Å². The molecule has 9 nitrogen and oxygen atoms in total. The first-order valence-electron chi connectivity index (χ1n) is 8.92. The molecule has 1 heterocycles. The van der Waals surface area contributed by atoms with E-state index in [0.717, 1.165) is 0 Å². The summed E-state index contributed by atoms with van der Waals surface area (Å²) in [6.45, 7) is 3.48. The van der Waals surface area contributed by atoms with Gasteiger partial charge in [-0.25, -0.2) is 4.79 Å². The topological polar surface area (TPSA) is 118 Å². The molecule has 0 unspecified atom stereocenters. The van der Waals surface area contributed by atoms with Gasteiger partial charge in [-0.2, -0.15) is 10.1 Å². The van der Waals surface area contributed by atoms with E-state index in [9.17, 15) is 9.59 Å². The fourth-order valence-electron chi connectivity index (χ4n) is 2.54. The maximum absolute atomic E-state index is 12.1. The van der Waals surface area contributed by atoms with Gasteiger partial charge in [-0.1, -0.05) is 18.2 Å². The number of benzene rings is 2. The molecule has 0 aliphatic carbocycles. The monoisotopic (exact) mass is 392 g/mol. The van der Waals surface area contributed by atoms with E-state index in [-0.39, 0.29) is 18.5 Å². The number of nitrogens with zero attached hydrogens (tertiary/aromatic N) is 3. The molecule has 0 aliphatic rings. The largest absolute Gasteiger partial charge is 0.462 e. The van der Waals surface area contributed by atoms with E-state index in [2.05, 4.69) is 31.1 Å². The minimum atomic E-state index is -0.425. The van der Waals surface area contributed by atoms with Crippen molar-refractivity contribution in [1.82, 2.24) is 15.2 Å². The molecule has 0 saturated heterocycles. The lowest BCUT2D eigenvalue weighted by molar-refractivity contribution is -0.114. The normalized spacial score (nSPS) is 10.1. The predicted molar refractivity (Wildman–Crippen MR) is 110 cm³/mol. The molecule has 3 rings (SSSR count). The first kappa shape index (κ1) is 19.7. The Morgan fingerprint density at radius 3 is 2.62 bits per heavy atom. The quantitative estimate of drug-likeness (QED) is 0.523. The Labute approximate surface area is 167 Å². The van der Waals surface area contributed by atoms with Crippen LogP contribution in [0.2, 0.25) is 0 Å². The van der Waals surface area contributed by atoms with Crippen LogP contribution in [0.15, 0.2) is 54.7 Å². The molecule has 0 saturated carbocycles. The van der Waals surface area contributed by atoms with Crippen molar-refractivity contribution < 1.29 is 14.3 Å². The molecule has 0 bridgehead atoms. The standard InChI is InChI=1S/C20H20N6O3/c1-3-29-19(28)16-9-4-5-10-17(16)24-18-12-21-26-20(25-18)23-15-8-6-7-14(11-15)22-13(2)27/h4-12H,3H2,1-2H3,(H,22,27)(H2,23,24,25,26). The highest BCUT2D eigenvalue weighted by Crippen LogP contribution is 2.22. The van der Waals surface area contributed by atoms with Crippen LogP contribution in [-0.2, 0) is 9.53 Å². The fraction of sp³-hybridized carbons (Fsp3) is 0.150. The molecule has 9 heteroatoms. The predicted octanol–water partition coefficient (Wildman–Crippen LogP) is 3.49. The van der Waals surface area contributed by atoms with Gasteiger partial charge in [-0.3, -0.25) is 4.79 Å². The third kappa shape index (κ3) is 5.48. The van der Waals surface area contributed by atoms with Crippen LogP contribution in [0.1, 0.15) is 24.2 Å². The zero-order valence-electron chi connectivity index (χ0n) is 16.0. The van der Waals surface area contributed by atoms with Crippen LogP contribution in [0.5, 0.6) is 0 Å². The molecule has 0 radical (unpaired) electrons. The number of anilines is 5. The van der Waals surface area contributed by atoms with Crippen molar-refractivity contribution in [2.45, 2.75) is 13.8 Å². The second-order valence-electron chi connectivity index (χ2n) is 5.94. The number of para-hydroxylation sites is 1. The number of ether oxygens (including phenoxy) is 1. The summed E-state index contributed by atoms with van der Waals surface area (Å²) in [5.41, 5.74) is 2.27. The molecule has 3 N–H and O–H groups in total. The second kappa shape index (κ2) is 9.27. The number of esters is 1. The van der Waals surface area contributed by atoms with Crippen LogP contribution in [0.25, 0.3) is 0 Å². The molecule has 0 atom stereocenters. The van der Waals surface area contributed by atoms with Gasteiger partial charge < -0.3 is 20.7 Å². The number of rotatable bonds is 7. The van der Waals surface area contributed by atoms with Crippen LogP contribution < -0.4 is 16.0 Å². The van der Waals surface area contributed by atoms with E-state index in [4.69, 9.17) is 4.74 Å². The minimum Gasteiger partial charge on any atom is -0.462 e. The lowest BCUT2D eigenvalue weighted by Gasteiger charge is -2.11. The number of aromatic nitrogens is 3. The van der Waals surface area contributed by atoms with Crippen LogP contribution >= 0.6 is 0 Å². The number of amides is 1. The minimum absolute atomic E-state index is 0.161. The maximum Gasteiger partial charge on any atom is 0.340 e. The van der Waals surface area contributed by atoms with Crippen molar-refractivity contribution in [3.8, 4) is 0 Å². The number of carbonyl (C=O) groups excluding carboxylic acids is 2. The number of carbonyl (C=O) groups is 2. The van der Waals surface area contributed by atoms with Gasteiger partial charge in [-0.15, -0.1) is 5.10 Å². The molecule has 3 aromatic rings. The van der Waals surface area contributed by atoms with Gasteiger partial charge in [0.2, 0.25) is 11.9 Å². The molecule has 0 fully saturated rings. The molecular formula is C20H20N6O3. The lowest BCUT2D eigenvalue weighted by atomic mass is 10.2. The molecular weight excluding hydrogens is 372 g/mol. The van der Waals surface area contributed by atoms with Crippen molar-refractivity contribution in [3.05, 3.63) is 60.3 Å². The highest BCUT2D eigenvalue weighted by atomic mass is 16.5. The van der Waals surface area contributed by atoms with Crippen molar-refractivity contribution in [1.29, 1.82) is 0 Å². The van der Waals surface area contributed by atoms with E-state index >= 15 is 0 Å². The summed E-state index contributed by atoms with van der Waals surface area (Å²) in [6, 6.07) is 14.1. The van der Waals surface area contributed by atoms with E-state index in [1.54, 1.807) is 49.4 Å². The smallest absolute Gasteiger partial charge is 0.340 e. The number of hydrogen-bond donors (Lipinski definition) is 3. The third-order valence-electron chi connectivity index (χ3n) is 3.68. The Bertz CT molecular complexity index is 1020. The van der Waals surface area contributed by atoms with Gasteiger partial charge in [0.25, 0.3) is 0 Å². The van der Waals surface area contributed by atoms with Crippen LogP contribution in [0, 0.1) is 0 Å². The lowest BCUT2D eigenvalue weighted by Crippen LogP contribution is -2.09. The van der Waals surface area contributed by atoms with Gasteiger partial charge in [0.05, 0.1) is 24.1 Å². The van der Waals surface area contributed by atoms with Crippen LogP contribution in [0.3, 0.4) is 0 Å². The summed E-state index contributed by atoms with van der Waals surface area (Å²) in [7, 11) is 0. The summed E-state index contributed by atoms with van der Waals surface area (Å²) in [5.74, 6) is 0.0677. The highest BCUT2D eigenvalue weighted by molar-refractivity contribution is 5.96. The highest BCUT2D eigenvalue weighted by Gasteiger charge is 2.13. The molecule has 2 aromatic carbocycles. The summed E-state index contributed by atoms with van der Waals surface area (Å²) in [6.07, 6.45) is 1.45. The number of hydrogen-bond acceptors (Lipinski definition) is 8. The Balaban J connectivity index is 1.77. The van der Waals surface area contributed by atoms with E-state index in [1.807, 2.05) is 6.07 Å². The van der Waals surface area contributed by atoms with Crippen LogP contribution in [0.4, 0.5) is 28.8 Å². The zero-order valence-corrected chi connectivity index (χ0v) is 16.0. The summed E-state index contributed by atoms with van der Waals surface area (Å²) >= 11 is 0. The molecule has 29 heavy (non-hydrogen) atoms. The Morgan fingerprint density at radius 2 is 1.83 bits per heavy atom. The Hall–Kier alpha value is -4.01. The first-order valence-corrected chi connectivity index (χ1v) is 8.92. The van der Waals surface area contributed by atoms with E-state index in [0.29, 0.717) is 28.4 Å². The van der Waals surface area contributed by atoms with Crippen molar-refractivity contribution in [2.24, 2.45) is 0 Å². The van der Waals surface area contributed by atoms with Crippen molar-refractivity contribution >= 4 is 40.7 Å². The van der Waals surface area contributed by atoms with Crippen LogP contribution in [-0.4, -0.2) is 33.7 Å². The van der Waals surface area contributed by atoms with Crippen molar-refractivity contribution in [2.75, 3.05) is 22.6 Å². The molecule has 1 aromatic heterocycles. The van der Waals surface area contributed by atoms with E-state index in [1.165, 1.54) is 13.1 Å². The Morgan fingerprint density at radius 1 is 1.03 bits per heavy atom. The molecule has 0 aliphatic heterocycles. The van der Waals surface area contributed by atoms with Gasteiger partial charge >= 0.3 is 5.97 Å². The molecule has 148 valence electrons. The average Bonchev–Trinajstić information content (AvgIpc) is 2.68. The first-order chi connectivity index (χ1) is 14.0. The van der Waals surface area contributed by atoms with Gasteiger partial charge in [0.1, 0.15) is 0 Å². The zero-order chi connectivity index (χ0) is 20.6. The Kier molecular flexibility index (Phi) is 6.31. The summed E-state index contributed by atoms with van der Waals surface area (Å²) in [4.78, 5) is 27.7. The number of nitrogens with one attached hydrogen (secondary N) is 3. The maximum atomic E-state index is 12.1. The van der Waals surface area contributed by atoms with Gasteiger partial charge in [0, 0.05) is 18.3 Å². The molecule has 1 amide bonds. The third-order valence-corrected chi connectivity index (χ3v) is 3.68.